The van der Waals surface area contributed by atoms with Crippen LogP contribution in [0.1, 0.15) is 24.0 Å². The fourth-order valence-electron chi connectivity index (χ4n) is 1.79. The molecular formula is C14H14BrClN2S. The molecule has 1 aromatic heterocycles. The highest BCUT2D eigenvalue weighted by atomic mass is 79.9. The van der Waals surface area contributed by atoms with Crippen LogP contribution in [0.25, 0.3) is 0 Å². The van der Waals surface area contributed by atoms with Crippen LogP contribution in [0.4, 0.5) is 0 Å². The number of thioether (sulfide) groups is 1. The highest BCUT2D eigenvalue weighted by Gasteiger charge is 2.08. The van der Waals surface area contributed by atoms with Crippen molar-refractivity contribution < 1.29 is 0 Å². The van der Waals surface area contributed by atoms with Crippen molar-refractivity contribution in [1.82, 2.24) is 9.97 Å². The Bertz CT molecular complexity index is 566. The maximum absolute atomic E-state index is 6.17. The van der Waals surface area contributed by atoms with Crippen LogP contribution in [0.3, 0.4) is 0 Å². The second-order valence-corrected chi connectivity index (χ2v) is 6.42. The van der Waals surface area contributed by atoms with Crippen LogP contribution < -0.4 is 0 Å². The molecule has 0 unspecified atom stereocenters. The van der Waals surface area contributed by atoms with Gasteiger partial charge in [-0.25, -0.2) is 9.97 Å². The summed E-state index contributed by atoms with van der Waals surface area (Å²) in [6.45, 7) is 4.05. The zero-order valence-corrected chi connectivity index (χ0v) is 13.9. The van der Waals surface area contributed by atoms with Gasteiger partial charge in [0.05, 0.1) is 5.75 Å². The van der Waals surface area contributed by atoms with Crippen LogP contribution in [-0.4, -0.2) is 9.97 Å². The molecule has 2 nitrogen and oxygen atoms in total. The number of halogens is 2. The Labute approximate surface area is 131 Å². The second-order valence-electron chi connectivity index (χ2n) is 4.09. The van der Waals surface area contributed by atoms with Crippen LogP contribution in [0.2, 0.25) is 5.15 Å². The van der Waals surface area contributed by atoms with Crippen molar-refractivity contribution in [2.24, 2.45) is 0 Å². The summed E-state index contributed by atoms with van der Waals surface area (Å²) >= 11 is 11.3. The van der Waals surface area contributed by atoms with Gasteiger partial charge in [0, 0.05) is 20.6 Å². The van der Waals surface area contributed by atoms with Gasteiger partial charge in [-0.2, -0.15) is 0 Å². The van der Waals surface area contributed by atoms with Gasteiger partial charge in [-0.3, -0.25) is 0 Å². The minimum Gasteiger partial charge on any atom is -0.237 e. The third-order valence-corrected chi connectivity index (χ3v) is 4.52. The monoisotopic (exact) mass is 356 g/mol. The molecule has 0 aliphatic carbocycles. The van der Waals surface area contributed by atoms with Crippen molar-refractivity contribution in [3.8, 4) is 0 Å². The fraction of sp³-hybridized carbons (Fsp3) is 0.286. The highest BCUT2D eigenvalue weighted by molar-refractivity contribution is 9.10. The molecule has 0 N–H and O–H groups in total. The van der Waals surface area contributed by atoms with E-state index in [4.69, 9.17) is 11.6 Å². The molecule has 2 rings (SSSR count). The van der Waals surface area contributed by atoms with Crippen molar-refractivity contribution in [2.45, 2.75) is 30.9 Å². The molecule has 0 spiro atoms. The lowest BCUT2D eigenvalue weighted by Gasteiger charge is -2.07. The van der Waals surface area contributed by atoms with Crippen LogP contribution in [0.5, 0.6) is 0 Å². The van der Waals surface area contributed by atoms with Crippen molar-refractivity contribution in [1.29, 1.82) is 0 Å². The molecule has 5 heteroatoms. The first-order chi connectivity index (χ1) is 9.10. The highest BCUT2D eigenvalue weighted by Crippen LogP contribution is 2.25. The first-order valence-electron chi connectivity index (χ1n) is 6.00. The third kappa shape index (κ3) is 3.94. The molecule has 0 aliphatic heterocycles. The number of aromatic nitrogens is 2. The Kier molecular flexibility index (Phi) is 5.25. The summed E-state index contributed by atoms with van der Waals surface area (Å²) in [6, 6.07) is 8.19. The summed E-state index contributed by atoms with van der Waals surface area (Å²) in [6.07, 6.45) is 0.865. The first kappa shape index (κ1) is 14.8. The molecular weight excluding hydrogens is 344 g/mol. The van der Waals surface area contributed by atoms with Crippen LogP contribution in [0, 0.1) is 6.92 Å². The topological polar surface area (TPSA) is 25.8 Å². The summed E-state index contributed by atoms with van der Waals surface area (Å²) in [4.78, 5) is 10.1. The number of hydrogen-bond acceptors (Lipinski definition) is 3. The Hall–Kier alpha value is -0.580. The number of rotatable bonds is 4. The summed E-state index contributed by atoms with van der Waals surface area (Å²) in [5.41, 5.74) is 2.02. The van der Waals surface area contributed by atoms with Gasteiger partial charge in [0.2, 0.25) is 0 Å². The molecule has 0 saturated heterocycles. The van der Waals surface area contributed by atoms with Gasteiger partial charge in [-0.1, -0.05) is 40.5 Å². The number of hydrogen-bond donors (Lipinski definition) is 0. The second kappa shape index (κ2) is 6.73. The van der Waals surface area contributed by atoms with Gasteiger partial charge in [0.25, 0.3) is 0 Å². The Morgan fingerprint density at radius 2 is 2.11 bits per heavy atom. The minimum atomic E-state index is 0.583. The smallest absolute Gasteiger partial charge is 0.140 e. The molecule has 0 radical (unpaired) electrons. The van der Waals surface area contributed by atoms with Crippen molar-refractivity contribution in [3.05, 3.63) is 51.0 Å². The Balaban J connectivity index is 2.12. The summed E-state index contributed by atoms with van der Waals surface area (Å²) in [5.74, 6) is 1.51. The summed E-state index contributed by atoms with van der Waals surface area (Å²) < 4.78 is 1.08. The zero-order valence-electron chi connectivity index (χ0n) is 10.8. The molecule has 19 heavy (non-hydrogen) atoms. The van der Waals surface area contributed by atoms with Crippen LogP contribution in [0.15, 0.2) is 33.6 Å². The maximum atomic E-state index is 6.17. The van der Waals surface area contributed by atoms with E-state index < -0.39 is 0 Å². The molecule has 0 atom stereocenters. The van der Waals surface area contributed by atoms with E-state index in [0.717, 1.165) is 33.7 Å². The predicted molar refractivity (Wildman–Crippen MR) is 84.9 cm³/mol. The van der Waals surface area contributed by atoms with Gasteiger partial charge in [-0.15, -0.1) is 11.8 Å². The quantitative estimate of drug-likeness (QED) is 0.565. The number of nitrogens with zero attached hydrogens (tertiary/aromatic N) is 2. The van der Waals surface area contributed by atoms with E-state index in [0.29, 0.717) is 5.15 Å². The lowest BCUT2D eigenvalue weighted by molar-refractivity contribution is 0.938. The van der Waals surface area contributed by atoms with Crippen LogP contribution in [-0.2, 0) is 12.2 Å². The van der Waals surface area contributed by atoms with Gasteiger partial charge < -0.3 is 0 Å². The summed E-state index contributed by atoms with van der Waals surface area (Å²) in [7, 11) is 0. The maximum Gasteiger partial charge on any atom is 0.140 e. The lowest BCUT2D eigenvalue weighted by Crippen LogP contribution is -2.01. The van der Waals surface area contributed by atoms with E-state index in [1.807, 2.05) is 19.1 Å². The zero-order chi connectivity index (χ0) is 13.8. The molecule has 0 saturated carbocycles. The molecule has 0 amide bonds. The van der Waals surface area contributed by atoms with Crippen molar-refractivity contribution in [3.63, 3.8) is 0 Å². The van der Waals surface area contributed by atoms with Gasteiger partial charge in [0.15, 0.2) is 0 Å². The SMILES string of the molecule is CCc1c(C)nc(CSc2cccc(Br)c2)nc1Cl. The number of aryl methyl sites for hydroxylation is 1. The molecule has 100 valence electrons. The van der Waals surface area contributed by atoms with E-state index in [2.05, 4.69) is 45.0 Å². The third-order valence-electron chi connectivity index (χ3n) is 2.73. The molecule has 1 aromatic carbocycles. The van der Waals surface area contributed by atoms with Crippen LogP contribution >= 0.6 is 39.3 Å². The number of benzene rings is 1. The molecule has 0 fully saturated rings. The predicted octanol–water partition coefficient (Wildman–Crippen LogP) is 5.06. The normalized spacial score (nSPS) is 10.7. The van der Waals surface area contributed by atoms with E-state index in [1.54, 1.807) is 11.8 Å². The largest absolute Gasteiger partial charge is 0.237 e. The van der Waals surface area contributed by atoms with Crippen molar-refractivity contribution >= 4 is 39.3 Å². The summed E-state index contributed by atoms with van der Waals surface area (Å²) in [5, 5.41) is 0.583. The average molecular weight is 358 g/mol. The van der Waals surface area contributed by atoms with E-state index in [-0.39, 0.29) is 0 Å². The molecule has 0 bridgehead atoms. The lowest BCUT2D eigenvalue weighted by atomic mass is 10.2. The van der Waals surface area contributed by atoms with E-state index >= 15 is 0 Å². The van der Waals surface area contributed by atoms with Gasteiger partial charge in [-0.05, 0) is 31.5 Å². The minimum absolute atomic E-state index is 0.583. The van der Waals surface area contributed by atoms with Crippen molar-refractivity contribution in [2.75, 3.05) is 0 Å². The van der Waals surface area contributed by atoms with E-state index in [9.17, 15) is 0 Å². The fourth-order valence-corrected chi connectivity index (χ4v) is 3.52. The first-order valence-corrected chi connectivity index (χ1v) is 8.16. The Morgan fingerprint density at radius 3 is 2.74 bits per heavy atom. The van der Waals surface area contributed by atoms with Gasteiger partial charge >= 0.3 is 0 Å². The molecule has 2 aromatic rings. The van der Waals surface area contributed by atoms with Gasteiger partial charge in [0.1, 0.15) is 11.0 Å². The molecule has 1 heterocycles. The standard InChI is InChI=1S/C14H14BrClN2S/c1-3-12-9(2)17-13(18-14(12)16)8-19-11-6-4-5-10(15)7-11/h4-7H,3,8H2,1-2H3. The Morgan fingerprint density at radius 1 is 1.32 bits per heavy atom. The molecule has 0 aliphatic rings. The average Bonchev–Trinajstić information content (AvgIpc) is 2.36. The van der Waals surface area contributed by atoms with E-state index in [1.165, 1.54) is 4.90 Å².